The Morgan fingerprint density at radius 1 is 1.11 bits per heavy atom. The molecule has 2 rings (SSSR count). The summed E-state index contributed by atoms with van der Waals surface area (Å²) in [4.78, 5) is 44.3. The molecule has 0 bridgehead atoms. The summed E-state index contributed by atoms with van der Waals surface area (Å²) in [5.74, 6) is -0.634. The van der Waals surface area contributed by atoms with Gasteiger partial charge in [-0.15, -0.1) is 0 Å². The molecule has 2 aromatic carbocycles. The second-order valence-corrected chi connectivity index (χ2v) is 9.41. The van der Waals surface area contributed by atoms with Crippen LogP contribution in [-0.4, -0.2) is 61.2 Å². The topological polar surface area (TPSA) is 115 Å². The molecule has 0 aliphatic heterocycles. The van der Waals surface area contributed by atoms with E-state index < -0.39 is 17.7 Å². The van der Waals surface area contributed by atoms with Crippen molar-refractivity contribution in [3.05, 3.63) is 72.4 Å². The van der Waals surface area contributed by atoms with Gasteiger partial charge in [0.1, 0.15) is 12.2 Å². The minimum Gasteiger partial charge on any atom is -0.362 e. The summed E-state index contributed by atoms with van der Waals surface area (Å²) in [6.07, 6.45) is 4.60. The molecule has 2 atom stereocenters. The Morgan fingerprint density at radius 3 is 2.39 bits per heavy atom. The molecule has 9 heteroatoms. The molecule has 0 aromatic heterocycles. The minimum atomic E-state index is -0.889. The zero-order chi connectivity index (χ0) is 28.1. The van der Waals surface area contributed by atoms with E-state index in [1.807, 2.05) is 55.5 Å². The van der Waals surface area contributed by atoms with Gasteiger partial charge in [-0.25, -0.2) is 0 Å². The lowest BCUT2D eigenvalue weighted by atomic mass is 9.99. The van der Waals surface area contributed by atoms with E-state index in [1.165, 1.54) is 4.90 Å². The molecule has 1 unspecified atom stereocenters. The molecule has 0 heterocycles. The smallest absolute Gasteiger partial charge is 0.246 e. The zero-order valence-electron chi connectivity index (χ0n) is 23.0. The van der Waals surface area contributed by atoms with Crippen LogP contribution in [-0.2, 0) is 27.2 Å². The van der Waals surface area contributed by atoms with Gasteiger partial charge in [-0.05, 0) is 70.1 Å². The van der Waals surface area contributed by atoms with E-state index in [0.29, 0.717) is 19.3 Å². The fourth-order valence-electron chi connectivity index (χ4n) is 3.97. The number of benzene rings is 2. The number of aryl methyl sites for hydroxylation is 1. The third-order valence-electron chi connectivity index (χ3n) is 6.52. The second-order valence-electron chi connectivity index (χ2n) is 9.41. The Bertz CT molecular complexity index is 1130. The number of para-hydroxylation sites is 2. The Morgan fingerprint density at radius 2 is 1.76 bits per heavy atom. The Labute approximate surface area is 225 Å². The number of likely N-dealkylation sites (N-methyl/N-ethyl adjacent to an activating group) is 2. The summed E-state index contributed by atoms with van der Waals surface area (Å²) in [5, 5.41) is 11.7. The number of hydrogen-bond donors (Lipinski definition) is 4. The summed E-state index contributed by atoms with van der Waals surface area (Å²) >= 11 is 0. The van der Waals surface area contributed by atoms with Gasteiger partial charge in [0.05, 0.1) is 11.2 Å². The number of nitrogens with one attached hydrogen (secondary N) is 4. The first-order valence-corrected chi connectivity index (χ1v) is 12.7. The molecule has 0 fully saturated rings. The monoisotopic (exact) mass is 520 g/mol. The largest absolute Gasteiger partial charge is 0.362 e. The summed E-state index contributed by atoms with van der Waals surface area (Å²) in [5.41, 5.74) is 2.60. The van der Waals surface area contributed by atoms with Crippen LogP contribution in [0.3, 0.4) is 0 Å². The van der Waals surface area contributed by atoms with Crippen molar-refractivity contribution in [3.8, 4) is 0 Å². The molecule has 0 aliphatic carbocycles. The minimum absolute atomic E-state index is 0.244. The van der Waals surface area contributed by atoms with Gasteiger partial charge in [-0.3, -0.25) is 19.4 Å². The van der Waals surface area contributed by atoms with Crippen molar-refractivity contribution in [1.82, 2.24) is 20.9 Å². The average Bonchev–Trinajstić information content (AvgIpc) is 2.91. The van der Waals surface area contributed by atoms with E-state index in [0.717, 1.165) is 22.5 Å². The van der Waals surface area contributed by atoms with E-state index in [-0.39, 0.29) is 18.2 Å². The van der Waals surface area contributed by atoms with Crippen LogP contribution in [0, 0.1) is 0 Å². The molecule has 0 aliphatic rings. The van der Waals surface area contributed by atoms with Crippen LogP contribution in [0.2, 0.25) is 0 Å². The Balaban J connectivity index is 2.33. The Kier molecular flexibility index (Phi) is 11.7. The summed E-state index contributed by atoms with van der Waals surface area (Å²) in [6.45, 7) is 9.07. The normalized spacial score (nSPS) is 12.9. The molecule has 0 saturated carbocycles. The SMILES string of the molecule is C=CNc1ccccc1C[C@@H](NC(=O)C(C)(C)NC)C(=O)N(C)C(CCc1ccccc1N=CC)NC=O. The maximum absolute atomic E-state index is 13.8. The van der Waals surface area contributed by atoms with Gasteiger partial charge < -0.3 is 26.2 Å². The fourth-order valence-corrected chi connectivity index (χ4v) is 3.97. The van der Waals surface area contributed by atoms with Crippen LogP contribution in [0.1, 0.15) is 38.3 Å². The van der Waals surface area contributed by atoms with Crippen LogP contribution >= 0.6 is 0 Å². The second kappa shape index (κ2) is 14.7. The van der Waals surface area contributed by atoms with Crippen LogP contribution in [0.4, 0.5) is 11.4 Å². The third-order valence-corrected chi connectivity index (χ3v) is 6.52. The van der Waals surface area contributed by atoms with Crippen molar-refractivity contribution in [2.45, 2.75) is 57.8 Å². The lowest BCUT2D eigenvalue weighted by molar-refractivity contribution is -0.139. The van der Waals surface area contributed by atoms with E-state index >= 15 is 0 Å². The maximum Gasteiger partial charge on any atom is 0.246 e. The van der Waals surface area contributed by atoms with Crippen LogP contribution in [0.15, 0.2) is 66.3 Å². The summed E-state index contributed by atoms with van der Waals surface area (Å²) in [6, 6.07) is 14.4. The van der Waals surface area contributed by atoms with Gasteiger partial charge in [0.2, 0.25) is 18.2 Å². The van der Waals surface area contributed by atoms with Crippen LogP contribution in [0.5, 0.6) is 0 Å². The predicted octanol–water partition coefficient (Wildman–Crippen LogP) is 3.15. The van der Waals surface area contributed by atoms with Gasteiger partial charge in [-0.2, -0.15) is 0 Å². The highest BCUT2D eigenvalue weighted by atomic mass is 16.2. The van der Waals surface area contributed by atoms with E-state index in [9.17, 15) is 14.4 Å². The molecular weight excluding hydrogens is 480 g/mol. The first-order valence-electron chi connectivity index (χ1n) is 12.7. The molecule has 9 nitrogen and oxygen atoms in total. The van der Waals surface area contributed by atoms with Crippen molar-refractivity contribution in [1.29, 1.82) is 0 Å². The predicted molar refractivity (Wildman–Crippen MR) is 153 cm³/mol. The number of carbonyl (C=O) groups excluding carboxylic acids is 3. The first-order chi connectivity index (χ1) is 18.2. The lowest BCUT2D eigenvalue weighted by Crippen LogP contribution is -2.59. The van der Waals surface area contributed by atoms with Gasteiger partial charge in [0.25, 0.3) is 0 Å². The van der Waals surface area contributed by atoms with Gasteiger partial charge in [0.15, 0.2) is 0 Å². The maximum atomic E-state index is 13.8. The molecule has 4 N–H and O–H groups in total. The zero-order valence-corrected chi connectivity index (χ0v) is 23.0. The molecule has 3 amide bonds. The van der Waals surface area contributed by atoms with E-state index in [1.54, 1.807) is 40.4 Å². The fraction of sp³-hybridized carbons (Fsp3) is 0.379. The van der Waals surface area contributed by atoms with Gasteiger partial charge in [-0.1, -0.05) is 43.0 Å². The van der Waals surface area contributed by atoms with Crippen LogP contribution < -0.4 is 21.3 Å². The van der Waals surface area contributed by atoms with Gasteiger partial charge in [0, 0.05) is 25.4 Å². The molecule has 0 radical (unpaired) electrons. The molecular formula is C29H40N6O3. The highest BCUT2D eigenvalue weighted by Gasteiger charge is 2.33. The highest BCUT2D eigenvalue weighted by Crippen LogP contribution is 2.22. The highest BCUT2D eigenvalue weighted by molar-refractivity contribution is 5.92. The number of rotatable bonds is 15. The third kappa shape index (κ3) is 8.27. The van der Waals surface area contributed by atoms with Crippen molar-refractivity contribution in [3.63, 3.8) is 0 Å². The summed E-state index contributed by atoms with van der Waals surface area (Å²) in [7, 11) is 3.33. The van der Waals surface area contributed by atoms with Crippen molar-refractivity contribution >= 4 is 35.8 Å². The molecule has 38 heavy (non-hydrogen) atoms. The number of aliphatic imine (C=N–C) groups is 1. The van der Waals surface area contributed by atoms with Gasteiger partial charge >= 0.3 is 0 Å². The molecule has 0 spiro atoms. The van der Waals surface area contributed by atoms with E-state index in [4.69, 9.17) is 0 Å². The number of carbonyl (C=O) groups is 3. The van der Waals surface area contributed by atoms with Crippen molar-refractivity contribution in [2.75, 3.05) is 19.4 Å². The first kappa shape index (κ1) is 30.2. The standard InChI is InChI=1S/C29H40N6O3/c1-7-31-23-15-11-9-13-21(23)17-18-26(33-20-36)35(6)27(37)25(34-28(38)29(3,4)30-5)19-22-14-10-12-16-24(22)32-8-2/h7-16,20,25-26,30,32H,2,17-19H2,1,3-6H3,(H,33,36)(H,34,38)/t25-,26?/m1/s1. The Hall–Kier alpha value is -3.98. The summed E-state index contributed by atoms with van der Waals surface area (Å²) < 4.78 is 0. The number of hydrogen-bond acceptors (Lipinski definition) is 6. The molecule has 0 saturated heterocycles. The average molecular weight is 521 g/mol. The quantitative estimate of drug-likeness (QED) is 0.164. The number of nitrogens with zero attached hydrogens (tertiary/aromatic N) is 2. The van der Waals surface area contributed by atoms with Crippen molar-refractivity contribution in [2.24, 2.45) is 4.99 Å². The van der Waals surface area contributed by atoms with Crippen LogP contribution in [0.25, 0.3) is 0 Å². The lowest BCUT2D eigenvalue weighted by Gasteiger charge is -2.33. The number of amides is 3. The van der Waals surface area contributed by atoms with E-state index in [2.05, 4.69) is 32.8 Å². The molecule has 2 aromatic rings. The van der Waals surface area contributed by atoms with Crippen molar-refractivity contribution < 1.29 is 14.4 Å². The number of anilines is 1. The molecule has 204 valence electrons.